The van der Waals surface area contributed by atoms with Crippen molar-refractivity contribution in [1.82, 2.24) is 29.7 Å². The third kappa shape index (κ3) is 6.40. The van der Waals surface area contributed by atoms with Crippen molar-refractivity contribution < 1.29 is 33.8 Å². The molecule has 0 saturated carbocycles. The Hall–Kier alpha value is -5.66. The van der Waals surface area contributed by atoms with Crippen LogP contribution in [0.4, 0.5) is 0 Å². The summed E-state index contributed by atoms with van der Waals surface area (Å²) >= 11 is 0. The summed E-state index contributed by atoms with van der Waals surface area (Å²) in [6, 6.07) is 23.5. The average molecular weight is 745 g/mol. The molecule has 13 nitrogen and oxygen atoms in total. The molecule has 3 amide bonds. The van der Waals surface area contributed by atoms with Crippen LogP contribution in [0.1, 0.15) is 37.0 Å². The van der Waals surface area contributed by atoms with E-state index in [9.17, 15) is 14.7 Å². The Kier molecular flexibility index (Phi) is 9.82. The quantitative estimate of drug-likeness (QED) is 0.222. The zero-order valence-corrected chi connectivity index (χ0v) is 30.8. The van der Waals surface area contributed by atoms with Crippen LogP contribution in [0.15, 0.2) is 109 Å². The van der Waals surface area contributed by atoms with E-state index in [1.807, 2.05) is 104 Å². The van der Waals surface area contributed by atoms with E-state index in [4.69, 9.17) is 9.47 Å². The maximum Gasteiger partial charge on any atom is 0.313 e. The van der Waals surface area contributed by atoms with Gasteiger partial charge in [-0.15, -0.1) is 5.10 Å². The molecule has 13 heteroatoms. The number of nitrogens with zero attached hydrogens (tertiary/aromatic N) is 6. The van der Waals surface area contributed by atoms with Crippen molar-refractivity contribution in [2.24, 2.45) is 11.8 Å². The number of hydrogen-bond donors (Lipinski definition) is 1. The Morgan fingerprint density at radius 1 is 0.927 bits per heavy atom. The van der Waals surface area contributed by atoms with Crippen molar-refractivity contribution in [2.75, 3.05) is 20.2 Å². The Bertz CT molecular complexity index is 2140. The number of hydrogen-bond acceptors (Lipinski definition) is 9. The summed E-state index contributed by atoms with van der Waals surface area (Å²) in [5.74, 6) is -3.91. The predicted molar refractivity (Wildman–Crippen MR) is 200 cm³/mol. The van der Waals surface area contributed by atoms with Crippen molar-refractivity contribution in [3.8, 4) is 0 Å². The Labute approximate surface area is 318 Å². The van der Waals surface area contributed by atoms with E-state index >= 15 is 9.59 Å². The van der Waals surface area contributed by atoms with Crippen LogP contribution in [0, 0.1) is 11.8 Å². The van der Waals surface area contributed by atoms with Crippen molar-refractivity contribution in [3.05, 3.63) is 120 Å². The number of likely N-dealkylation sites (N-methyl/N-ethyl adjacent to an activating group) is 1. The molecule has 1 N–H and O–H groups in total. The first kappa shape index (κ1) is 36.3. The molecule has 5 bridgehead atoms. The smallest absolute Gasteiger partial charge is 0.313 e. The fourth-order valence-corrected chi connectivity index (χ4v) is 8.69. The molecule has 4 aromatic rings. The van der Waals surface area contributed by atoms with Crippen LogP contribution in [-0.2, 0) is 41.7 Å². The number of ether oxygens (including phenoxy) is 2. The van der Waals surface area contributed by atoms with Crippen LogP contribution in [0.2, 0.25) is 0 Å². The van der Waals surface area contributed by atoms with Gasteiger partial charge in [0.25, 0.3) is 5.91 Å². The third-order valence-corrected chi connectivity index (χ3v) is 11.6. The first-order valence-corrected chi connectivity index (χ1v) is 18.8. The van der Waals surface area contributed by atoms with Crippen LogP contribution in [-0.4, -0.2) is 109 Å². The number of carbonyl (C=O) groups is 4. The van der Waals surface area contributed by atoms with Gasteiger partial charge in [0.05, 0.1) is 36.2 Å². The lowest BCUT2D eigenvalue weighted by atomic mass is 9.74. The van der Waals surface area contributed by atoms with Gasteiger partial charge in [-0.1, -0.05) is 102 Å². The Balaban J connectivity index is 1.24. The second-order valence-corrected chi connectivity index (χ2v) is 14.8. The lowest BCUT2D eigenvalue weighted by Crippen LogP contribution is -2.59. The highest BCUT2D eigenvalue weighted by Gasteiger charge is 2.74. The fraction of sp³-hybridized carbons (Fsp3) is 0.381. The van der Waals surface area contributed by atoms with Crippen LogP contribution in [0.3, 0.4) is 0 Å². The van der Waals surface area contributed by atoms with Gasteiger partial charge in [0.15, 0.2) is 0 Å². The van der Waals surface area contributed by atoms with E-state index in [1.54, 1.807) is 33.7 Å². The molecule has 0 radical (unpaired) electrons. The number of benzene rings is 3. The van der Waals surface area contributed by atoms with Gasteiger partial charge in [-0.3, -0.25) is 19.2 Å². The second-order valence-electron chi connectivity index (χ2n) is 14.8. The van der Waals surface area contributed by atoms with E-state index < -0.39 is 72.2 Å². The van der Waals surface area contributed by atoms with Gasteiger partial charge < -0.3 is 29.3 Å². The zero-order chi connectivity index (χ0) is 38.3. The minimum atomic E-state index is -1.52. The number of rotatable bonds is 7. The average Bonchev–Trinajstić information content (AvgIpc) is 3.97. The van der Waals surface area contributed by atoms with Gasteiger partial charge in [-0.25, -0.2) is 4.68 Å². The molecule has 284 valence electrons. The molecule has 5 heterocycles. The molecule has 2 fully saturated rings. The molecule has 0 aliphatic carbocycles. The van der Waals surface area contributed by atoms with E-state index in [0.717, 1.165) is 5.56 Å². The van der Waals surface area contributed by atoms with E-state index in [1.165, 1.54) is 4.90 Å². The maximum absolute atomic E-state index is 15.3. The molecular weight excluding hydrogens is 700 g/mol. The van der Waals surface area contributed by atoms with Crippen LogP contribution >= 0.6 is 0 Å². The van der Waals surface area contributed by atoms with E-state index in [2.05, 4.69) is 10.3 Å². The lowest BCUT2D eigenvalue weighted by molar-refractivity contribution is -0.164. The zero-order valence-electron chi connectivity index (χ0n) is 30.8. The number of allylic oxidation sites excluding steroid dienone is 1. The minimum Gasteiger partial charge on any atom is -0.455 e. The number of aromatic nitrogens is 3. The van der Waals surface area contributed by atoms with Crippen molar-refractivity contribution in [2.45, 2.75) is 68.8 Å². The number of esters is 1. The molecule has 55 heavy (non-hydrogen) atoms. The number of likely N-dealkylation sites (tertiary alicyclic amines) is 1. The molecule has 2 saturated heterocycles. The monoisotopic (exact) mass is 744 g/mol. The summed E-state index contributed by atoms with van der Waals surface area (Å²) in [6.07, 6.45) is 6.36. The number of fused-ring (bicyclic) bond motifs is 3. The first-order chi connectivity index (χ1) is 26.7. The lowest BCUT2D eigenvalue weighted by Gasteiger charge is -2.38. The summed E-state index contributed by atoms with van der Waals surface area (Å²) in [4.78, 5) is 63.1. The number of aliphatic hydroxyl groups excluding tert-OH is 1. The molecule has 1 aromatic heterocycles. The number of amides is 3. The van der Waals surface area contributed by atoms with Crippen molar-refractivity contribution in [3.63, 3.8) is 0 Å². The van der Waals surface area contributed by atoms with Gasteiger partial charge in [-0.2, -0.15) is 0 Å². The third-order valence-electron chi connectivity index (χ3n) is 11.6. The van der Waals surface area contributed by atoms with Crippen LogP contribution in [0.5, 0.6) is 0 Å². The summed E-state index contributed by atoms with van der Waals surface area (Å²) in [6.45, 7) is 1.51. The normalized spacial score (nSPS) is 29.5. The summed E-state index contributed by atoms with van der Waals surface area (Å²) in [7, 11) is 1.70. The molecular formula is C42H44N6O7. The number of aliphatic hydroxyl groups is 1. The van der Waals surface area contributed by atoms with Crippen LogP contribution in [0.25, 0.3) is 11.0 Å². The number of para-hydroxylation sites is 1. The highest BCUT2D eigenvalue weighted by atomic mass is 16.6. The molecule has 8 atom stereocenters. The Morgan fingerprint density at radius 3 is 2.42 bits per heavy atom. The molecule has 4 aliphatic heterocycles. The molecule has 4 aliphatic rings. The molecule has 3 aromatic carbocycles. The predicted octanol–water partition coefficient (Wildman–Crippen LogP) is 3.45. The SMILES string of the molecule is C[C@@H]1[C@@H](c2ccccc2)OC(=O)[C@@H]2[C@@H]3C=C[C@]4(O3)[C@H](C(=O)N(Cn3nnc5ccccc53)C/C=C\CCC(=O)N1C)N([C@@H](CO)Cc1ccccc1)C(=O)[C@@H]24. The topological polar surface area (TPSA) is 147 Å². The maximum atomic E-state index is 15.3. The number of cyclic esters (lactones) is 1. The van der Waals surface area contributed by atoms with Gasteiger partial charge >= 0.3 is 5.97 Å². The van der Waals surface area contributed by atoms with E-state index in [-0.39, 0.29) is 32.0 Å². The summed E-state index contributed by atoms with van der Waals surface area (Å²) < 4.78 is 14.7. The molecule has 8 rings (SSSR count). The summed E-state index contributed by atoms with van der Waals surface area (Å²) in [5.41, 5.74) is 1.42. The van der Waals surface area contributed by atoms with Crippen molar-refractivity contribution >= 4 is 34.7 Å². The highest BCUT2D eigenvalue weighted by Crippen LogP contribution is 2.56. The standard InChI is InChI=1S/C42H44N6O7/c1-27-37(29-16-8-4-9-17-29)54-41(53)35-33-21-22-42(55-33)36(35)39(51)48(30(25-49)24-28-14-6-3-7-15-28)38(42)40(52)46(23-13-5-10-20-34(50)45(27)2)26-47-32-19-12-11-18-31(32)43-44-47/h3-9,11-19,21-22,27,30,33,35-38,49H,10,20,23-26H2,1-2H3/b13-5-/t27-,30-,33+,35-,36-,37+,38+,42-/m1/s1. The second kappa shape index (κ2) is 14.9. The van der Waals surface area contributed by atoms with E-state index in [0.29, 0.717) is 23.0 Å². The highest BCUT2D eigenvalue weighted by molar-refractivity contribution is 5.99. The van der Waals surface area contributed by atoms with Gasteiger partial charge in [-0.05, 0) is 43.0 Å². The molecule has 1 spiro atoms. The summed E-state index contributed by atoms with van der Waals surface area (Å²) in [5, 5.41) is 19.6. The Morgan fingerprint density at radius 2 is 1.65 bits per heavy atom. The van der Waals surface area contributed by atoms with Gasteiger partial charge in [0.1, 0.15) is 35.9 Å². The van der Waals surface area contributed by atoms with Crippen LogP contribution < -0.4 is 0 Å². The van der Waals surface area contributed by atoms with Gasteiger partial charge in [0.2, 0.25) is 11.8 Å². The minimum absolute atomic E-state index is 0.0119. The molecule has 0 unspecified atom stereocenters. The fourth-order valence-electron chi connectivity index (χ4n) is 8.69. The first-order valence-electron chi connectivity index (χ1n) is 18.8. The van der Waals surface area contributed by atoms with Gasteiger partial charge in [0, 0.05) is 20.0 Å². The number of carbonyl (C=O) groups excluding carboxylic acids is 4. The van der Waals surface area contributed by atoms with Crippen molar-refractivity contribution in [1.29, 1.82) is 0 Å². The largest absolute Gasteiger partial charge is 0.455 e.